The van der Waals surface area contributed by atoms with Gasteiger partial charge in [-0.15, -0.1) is 0 Å². The quantitative estimate of drug-likeness (QED) is 0.817. The largest absolute Gasteiger partial charge is 0.433 e. The number of aryl methyl sites for hydroxylation is 1. The highest BCUT2D eigenvalue weighted by Crippen LogP contribution is 2.29. The van der Waals surface area contributed by atoms with Crippen LogP contribution in [0.2, 0.25) is 0 Å². The molecule has 1 fully saturated rings. The molecule has 0 aliphatic carbocycles. The SMILES string of the molecule is Cc1cc(C(F)(F)F)nc(N2CCN(c3nccc(C#N)n3)CC2)n1. The molecule has 1 saturated heterocycles. The first kappa shape index (κ1) is 16.9. The van der Waals surface area contributed by atoms with E-state index in [1.807, 2.05) is 11.0 Å². The van der Waals surface area contributed by atoms with E-state index in [1.54, 1.807) is 4.90 Å². The topological polar surface area (TPSA) is 81.8 Å². The molecule has 2 aromatic heterocycles. The van der Waals surface area contributed by atoms with Gasteiger partial charge < -0.3 is 9.80 Å². The first-order valence-electron chi connectivity index (χ1n) is 7.53. The van der Waals surface area contributed by atoms with Crippen molar-refractivity contribution in [3.8, 4) is 6.07 Å². The summed E-state index contributed by atoms with van der Waals surface area (Å²) in [4.78, 5) is 19.6. The van der Waals surface area contributed by atoms with Crippen LogP contribution in [-0.4, -0.2) is 46.1 Å². The fraction of sp³-hybridized carbons (Fsp3) is 0.400. The number of nitrogens with zero attached hydrogens (tertiary/aromatic N) is 7. The maximum absolute atomic E-state index is 12.9. The van der Waals surface area contributed by atoms with Crippen molar-refractivity contribution in [3.63, 3.8) is 0 Å². The molecule has 7 nitrogen and oxygen atoms in total. The second-order valence-electron chi connectivity index (χ2n) is 5.52. The maximum Gasteiger partial charge on any atom is 0.433 e. The zero-order valence-corrected chi connectivity index (χ0v) is 13.3. The summed E-state index contributed by atoms with van der Waals surface area (Å²) in [6.07, 6.45) is -3.00. The number of alkyl halides is 3. The van der Waals surface area contributed by atoms with E-state index in [-0.39, 0.29) is 17.3 Å². The van der Waals surface area contributed by atoms with Gasteiger partial charge in [-0.05, 0) is 19.1 Å². The minimum atomic E-state index is -4.50. The van der Waals surface area contributed by atoms with Crippen LogP contribution in [0.4, 0.5) is 25.1 Å². The van der Waals surface area contributed by atoms with Gasteiger partial charge in [0, 0.05) is 38.1 Å². The van der Waals surface area contributed by atoms with Gasteiger partial charge in [0.05, 0.1) is 0 Å². The van der Waals surface area contributed by atoms with Crippen LogP contribution in [0, 0.1) is 18.3 Å². The Morgan fingerprint density at radius 3 is 2.28 bits per heavy atom. The van der Waals surface area contributed by atoms with Crippen LogP contribution in [0.15, 0.2) is 18.3 Å². The standard InChI is InChI=1S/C15H14F3N7/c1-10-8-12(15(16,17)18)23-14(21-10)25-6-4-24(5-7-25)13-20-3-2-11(9-19)22-13/h2-3,8H,4-7H2,1H3. The number of piperazine rings is 1. The van der Waals surface area contributed by atoms with E-state index in [9.17, 15) is 13.2 Å². The lowest BCUT2D eigenvalue weighted by atomic mass is 10.3. The number of hydrogen-bond acceptors (Lipinski definition) is 7. The summed E-state index contributed by atoms with van der Waals surface area (Å²) < 4.78 is 38.7. The van der Waals surface area contributed by atoms with Crippen LogP contribution in [0.5, 0.6) is 0 Å². The molecule has 2 aromatic rings. The molecule has 0 aromatic carbocycles. The van der Waals surface area contributed by atoms with E-state index in [0.29, 0.717) is 32.1 Å². The molecule has 0 spiro atoms. The van der Waals surface area contributed by atoms with Crippen molar-refractivity contribution in [1.82, 2.24) is 19.9 Å². The van der Waals surface area contributed by atoms with Crippen molar-refractivity contribution >= 4 is 11.9 Å². The number of hydrogen-bond donors (Lipinski definition) is 0. The minimum Gasteiger partial charge on any atom is -0.337 e. The fourth-order valence-corrected chi connectivity index (χ4v) is 2.51. The number of halogens is 3. The van der Waals surface area contributed by atoms with E-state index in [2.05, 4.69) is 19.9 Å². The van der Waals surface area contributed by atoms with E-state index < -0.39 is 11.9 Å². The molecular formula is C15H14F3N7. The number of nitriles is 1. The molecule has 130 valence electrons. The van der Waals surface area contributed by atoms with Crippen molar-refractivity contribution in [2.45, 2.75) is 13.1 Å². The Hall–Kier alpha value is -2.96. The lowest BCUT2D eigenvalue weighted by Crippen LogP contribution is -2.48. The van der Waals surface area contributed by atoms with Gasteiger partial charge in [0.2, 0.25) is 11.9 Å². The summed E-state index contributed by atoms with van der Waals surface area (Å²) in [5, 5.41) is 8.89. The van der Waals surface area contributed by atoms with Crippen LogP contribution in [0.1, 0.15) is 17.1 Å². The zero-order valence-electron chi connectivity index (χ0n) is 13.3. The molecule has 3 heterocycles. The monoisotopic (exact) mass is 349 g/mol. The molecular weight excluding hydrogens is 335 g/mol. The Morgan fingerprint density at radius 2 is 1.68 bits per heavy atom. The lowest BCUT2D eigenvalue weighted by molar-refractivity contribution is -0.141. The van der Waals surface area contributed by atoms with Crippen molar-refractivity contribution < 1.29 is 13.2 Å². The third kappa shape index (κ3) is 3.76. The molecule has 0 amide bonds. The van der Waals surface area contributed by atoms with Crippen LogP contribution in [0.25, 0.3) is 0 Å². The Bertz CT molecular complexity index is 808. The van der Waals surface area contributed by atoms with Gasteiger partial charge in [-0.25, -0.2) is 19.9 Å². The van der Waals surface area contributed by atoms with Gasteiger partial charge >= 0.3 is 6.18 Å². The van der Waals surface area contributed by atoms with Crippen LogP contribution >= 0.6 is 0 Å². The second kappa shape index (κ2) is 6.51. The van der Waals surface area contributed by atoms with E-state index in [1.165, 1.54) is 19.2 Å². The highest BCUT2D eigenvalue weighted by molar-refractivity contribution is 5.40. The van der Waals surface area contributed by atoms with Crippen molar-refractivity contribution in [2.24, 2.45) is 0 Å². The Balaban J connectivity index is 1.74. The average Bonchev–Trinajstić information content (AvgIpc) is 2.60. The smallest absolute Gasteiger partial charge is 0.337 e. The van der Waals surface area contributed by atoms with Gasteiger partial charge in [0.25, 0.3) is 0 Å². The molecule has 0 bridgehead atoms. The van der Waals surface area contributed by atoms with Crippen LogP contribution < -0.4 is 9.80 Å². The number of anilines is 2. The molecule has 0 saturated carbocycles. The van der Waals surface area contributed by atoms with E-state index >= 15 is 0 Å². The van der Waals surface area contributed by atoms with Crippen LogP contribution in [-0.2, 0) is 6.18 Å². The average molecular weight is 349 g/mol. The first-order valence-corrected chi connectivity index (χ1v) is 7.53. The maximum atomic E-state index is 12.9. The summed E-state index contributed by atoms with van der Waals surface area (Å²) in [5.74, 6) is 0.499. The first-order chi connectivity index (χ1) is 11.9. The summed E-state index contributed by atoms with van der Waals surface area (Å²) in [7, 11) is 0. The molecule has 3 rings (SSSR count). The Kier molecular flexibility index (Phi) is 4.39. The van der Waals surface area contributed by atoms with Crippen molar-refractivity contribution in [3.05, 3.63) is 35.4 Å². The molecule has 0 atom stereocenters. The van der Waals surface area contributed by atoms with E-state index in [0.717, 1.165) is 6.07 Å². The Labute approximate surface area is 141 Å². The van der Waals surface area contributed by atoms with Gasteiger partial charge in [0.15, 0.2) is 0 Å². The normalized spacial score (nSPS) is 15.2. The lowest BCUT2D eigenvalue weighted by Gasteiger charge is -2.34. The summed E-state index contributed by atoms with van der Waals surface area (Å²) >= 11 is 0. The third-order valence-corrected chi connectivity index (χ3v) is 3.74. The Morgan fingerprint density at radius 1 is 1.04 bits per heavy atom. The molecule has 1 aliphatic heterocycles. The third-order valence-electron chi connectivity index (χ3n) is 3.74. The summed E-state index contributed by atoms with van der Waals surface area (Å²) in [5.41, 5.74) is -0.406. The number of rotatable bonds is 2. The molecule has 25 heavy (non-hydrogen) atoms. The zero-order chi connectivity index (χ0) is 18.0. The fourth-order valence-electron chi connectivity index (χ4n) is 2.51. The summed E-state index contributed by atoms with van der Waals surface area (Å²) in [6, 6.07) is 4.40. The molecule has 0 radical (unpaired) electrons. The predicted molar refractivity (Wildman–Crippen MR) is 82.9 cm³/mol. The molecule has 0 unspecified atom stereocenters. The van der Waals surface area contributed by atoms with Gasteiger partial charge in [-0.1, -0.05) is 0 Å². The van der Waals surface area contributed by atoms with Crippen LogP contribution in [0.3, 0.4) is 0 Å². The highest BCUT2D eigenvalue weighted by Gasteiger charge is 2.34. The van der Waals surface area contributed by atoms with Gasteiger partial charge in [-0.2, -0.15) is 18.4 Å². The van der Waals surface area contributed by atoms with Crippen molar-refractivity contribution in [1.29, 1.82) is 5.26 Å². The molecule has 10 heteroatoms. The van der Waals surface area contributed by atoms with E-state index in [4.69, 9.17) is 5.26 Å². The molecule has 1 aliphatic rings. The van der Waals surface area contributed by atoms with Gasteiger partial charge in [0.1, 0.15) is 17.5 Å². The second-order valence-corrected chi connectivity index (χ2v) is 5.52. The predicted octanol–water partition coefficient (Wildman–Crippen LogP) is 1.79. The van der Waals surface area contributed by atoms with Crippen molar-refractivity contribution in [2.75, 3.05) is 36.0 Å². The number of aromatic nitrogens is 4. The van der Waals surface area contributed by atoms with Gasteiger partial charge in [-0.3, -0.25) is 0 Å². The highest BCUT2D eigenvalue weighted by atomic mass is 19.4. The minimum absolute atomic E-state index is 0.0682. The summed E-state index contributed by atoms with van der Waals surface area (Å²) in [6.45, 7) is 3.36. The molecule has 0 N–H and O–H groups in total.